The number of rotatable bonds is 14. The summed E-state index contributed by atoms with van der Waals surface area (Å²) in [5.41, 5.74) is 4.50. The number of aromatic nitrogens is 4. The molecule has 1 saturated heterocycles. The fourth-order valence-corrected chi connectivity index (χ4v) is 5.87. The van der Waals surface area contributed by atoms with Crippen molar-refractivity contribution in [2.45, 2.75) is 37.4 Å². The monoisotopic (exact) mass is 741 g/mol. The van der Waals surface area contributed by atoms with Crippen molar-refractivity contribution < 1.29 is 34.4 Å². The minimum Gasteiger partial charge on any atom is -0.497 e. The number of carbonyl (C=O) groups is 2. The molecule has 0 bridgehead atoms. The molecular weight excluding hydrogens is 703 g/mol. The molecule has 6 rings (SSSR count). The average Bonchev–Trinajstić information content (AvgIpc) is 3.72. The standard InChI is InChI=1S/C36H39N9O7S/c1-51-26-12-10-25(11-13-26)44-36(53)38-15-14-37-28(47)16-21-2-6-23(7-3-21)42-29(48)17-22-4-8-24(9-5-22)43-33-30-34(40-19-39-33)45(20-41-30)35-32(50)31(49)27(18-46)52-35/h2-13,19-20,27,31-32,35,46,49-50H,14-18H2,1H3,(H,37,47)(H,42,48)(H2,38,44,53)(H,39,40,43)/t27-,31-,32-,35?/m1/s1. The van der Waals surface area contributed by atoms with Gasteiger partial charge in [0, 0.05) is 30.2 Å². The number of amides is 2. The number of thiocarbonyl (C=S) groups is 1. The Morgan fingerprint density at radius 2 is 1.43 bits per heavy atom. The SMILES string of the molecule is COc1ccc(NC(=S)NCCNC(=O)Cc2ccc(NC(=O)Cc3ccc(Nc4ncnc5c4ncn5C4O[C@H](CO)[C@@H](O)[C@H]4O)cc3)cc2)cc1. The van der Waals surface area contributed by atoms with Gasteiger partial charge in [0.2, 0.25) is 11.8 Å². The average molecular weight is 742 g/mol. The number of fused-ring (bicyclic) bond motifs is 1. The summed E-state index contributed by atoms with van der Waals surface area (Å²) in [6.07, 6.45) is -1.34. The van der Waals surface area contributed by atoms with Crippen LogP contribution in [0.3, 0.4) is 0 Å². The summed E-state index contributed by atoms with van der Waals surface area (Å²) in [5, 5.41) is 45.5. The molecule has 5 aromatic rings. The van der Waals surface area contributed by atoms with Gasteiger partial charge in [-0.25, -0.2) is 15.0 Å². The Labute approximate surface area is 309 Å². The van der Waals surface area contributed by atoms with Crippen LogP contribution in [0, 0.1) is 0 Å². The third kappa shape index (κ3) is 9.39. The zero-order valence-corrected chi connectivity index (χ0v) is 29.4. The highest BCUT2D eigenvalue weighted by molar-refractivity contribution is 7.80. The molecule has 0 saturated carbocycles. The van der Waals surface area contributed by atoms with E-state index in [1.165, 1.54) is 17.2 Å². The number of nitrogens with zero attached hydrogens (tertiary/aromatic N) is 4. The van der Waals surface area contributed by atoms with Crippen LogP contribution in [0.15, 0.2) is 85.5 Å². The highest BCUT2D eigenvalue weighted by Gasteiger charge is 2.44. The van der Waals surface area contributed by atoms with Crippen molar-refractivity contribution in [3.05, 3.63) is 96.6 Å². The number of hydrogen-bond donors (Lipinski definition) is 8. The van der Waals surface area contributed by atoms with Gasteiger partial charge in [-0.15, -0.1) is 0 Å². The number of anilines is 4. The molecule has 1 aliphatic rings. The van der Waals surface area contributed by atoms with Crippen molar-refractivity contribution in [3.63, 3.8) is 0 Å². The van der Waals surface area contributed by atoms with Crippen LogP contribution in [-0.2, 0) is 27.2 Å². The fraction of sp³-hybridized carbons (Fsp3) is 0.278. The number of aliphatic hydroxyl groups is 3. The number of ether oxygens (including phenoxy) is 2. The number of hydrogen-bond acceptors (Lipinski definition) is 12. The number of carbonyl (C=O) groups excluding carboxylic acids is 2. The third-order valence-corrected chi connectivity index (χ3v) is 8.66. The van der Waals surface area contributed by atoms with Crippen LogP contribution in [-0.4, -0.2) is 96.9 Å². The predicted octanol–water partition coefficient (Wildman–Crippen LogP) is 2.02. The summed E-state index contributed by atoms with van der Waals surface area (Å²) in [4.78, 5) is 38.2. The molecule has 53 heavy (non-hydrogen) atoms. The van der Waals surface area contributed by atoms with E-state index in [1.807, 2.05) is 48.5 Å². The molecule has 276 valence electrons. The smallest absolute Gasteiger partial charge is 0.228 e. The van der Waals surface area contributed by atoms with Gasteiger partial charge in [0.25, 0.3) is 0 Å². The van der Waals surface area contributed by atoms with E-state index in [2.05, 4.69) is 41.5 Å². The van der Waals surface area contributed by atoms with E-state index in [4.69, 9.17) is 21.7 Å². The first-order chi connectivity index (χ1) is 25.7. The summed E-state index contributed by atoms with van der Waals surface area (Å²) in [6, 6.07) is 21.7. The Balaban J connectivity index is 0.927. The zero-order valence-electron chi connectivity index (χ0n) is 28.6. The first-order valence-electron chi connectivity index (χ1n) is 16.7. The van der Waals surface area contributed by atoms with Gasteiger partial charge < -0.3 is 51.4 Å². The second kappa shape index (κ2) is 17.2. The topological polar surface area (TPSA) is 217 Å². The number of nitrogens with one attached hydrogen (secondary N) is 5. The van der Waals surface area contributed by atoms with Gasteiger partial charge in [0.1, 0.15) is 30.4 Å². The second-order valence-electron chi connectivity index (χ2n) is 12.2. The molecule has 2 amide bonds. The molecule has 0 aliphatic carbocycles. The maximum absolute atomic E-state index is 12.8. The van der Waals surface area contributed by atoms with Crippen molar-refractivity contribution in [3.8, 4) is 5.75 Å². The van der Waals surface area contributed by atoms with Crippen LogP contribution in [0.5, 0.6) is 5.75 Å². The molecular formula is C36H39N9O7S. The Kier molecular flexibility index (Phi) is 12.0. The first-order valence-corrected chi connectivity index (χ1v) is 17.1. The predicted molar refractivity (Wildman–Crippen MR) is 201 cm³/mol. The number of imidazole rings is 1. The summed E-state index contributed by atoms with van der Waals surface area (Å²) in [5.74, 6) is 0.825. The lowest BCUT2D eigenvalue weighted by Crippen LogP contribution is -2.37. The molecule has 3 aromatic carbocycles. The zero-order chi connectivity index (χ0) is 37.3. The highest BCUT2D eigenvalue weighted by atomic mass is 32.1. The van der Waals surface area contributed by atoms with Crippen molar-refractivity contribution in [2.75, 3.05) is 42.8 Å². The maximum atomic E-state index is 12.8. The van der Waals surface area contributed by atoms with Gasteiger partial charge in [0.15, 0.2) is 28.3 Å². The number of methoxy groups -OCH3 is 1. The van der Waals surface area contributed by atoms with Crippen molar-refractivity contribution >= 4 is 63.2 Å². The van der Waals surface area contributed by atoms with Crippen LogP contribution in [0.25, 0.3) is 11.2 Å². The van der Waals surface area contributed by atoms with E-state index in [9.17, 15) is 24.9 Å². The molecule has 4 atom stereocenters. The molecule has 16 nitrogen and oxygen atoms in total. The molecule has 1 unspecified atom stereocenters. The molecule has 8 N–H and O–H groups in total. The Morgan fingerprint density at radius 1 is 0.811 bits per heavy atom. The van der Waals surface area contributed by atoms with Crippen LogP contribution in [0.1, 0.15) is 17.4 Å². The third-order valence-electron chi connectivity index (χ3n) is 8.41. The lowest BCUT2D eigenvalue weighted by molar-refractivity contribution is -0.120. The van der Waals surface area contributed by atoms with E-state index >= 15 is 0 Å². The minimum absolute atomic E-state index is 0.134. The van der Waals surface area contributed by atoms with Crippen LogP contribution in [0.4, 0.5) is 22.9 Å². The van der Waals surface area contributed by atoms with Gasteiger partial charge in [-0.05, 0) is 71.9 Å². The summed E-state index contributed by atoms with van der Waals surface area (Å²) >= 11 is 5.30. The molecule has 1 fully saturated rings. The summed E-state index contributed by atoms with van der Waals surface area (Å²) in [6.45, 7) is 0.406. The maximum Gasteiger partial charge on any atom is 0.228 e. The minimum atomic E-state index is -1.28. The van der Waals surface area contributed by atoms with Crippen LogP contribution >= 0.6 is 12.2 Å². The van der Waals surface area contributed by atoms with Crippen molar-refractivity contribution in [1.82, 2.24) is 30.2 Å². The molecule has 0 radical (unpaired) electrons. The normalized spacial score (nSPS) is 18.0. The van der Waals surface area contributed by atoms with Gasteiger partial charge in [-0.1, -0.05) is 24.3 Å². The molecule has 17 heteroatoms. The number of benzene rings is 3. The number of aliphatic hydroxyl groups excluding tert-OH is 3. The van der Waals surface area contributed by atoms with E-state index in [1.54, 1.807) is 31.4 Å². The second-order valence-corrected chi connectivity index (χ2v) is 12.6. The van der Waals surface area contributed by atoms with E-state index in [-0.39, 0.29) is 24.7 Å². The van der Waals surface area contributed by atoms with Crippen LogP contribution < -0.4 is 31.3 Å². The quantitative estimate of drug-likeness (QED) is 0.0604. The Hall–Kier alpha value is -5.72. The van der Waals surface area contributed by atoms with E-state index < -0.39 is 31.1 Å². The van der Waals surface area contributed by atoms with Crippen molar-refractivity contribution in [2.24, 2.45) is 0 Å². The highest BCUT2D eigenvalue weighted by Crippen LogP contribution is 2.32. The Morgan fingerprint density at radius 3 is 2.09 bits per heavy atom. The lowest BCUT2D eigenvalue weighted by atomic mass is 10.1. The van der Waals surface area contributed by atoms with Crippen molar-refractivity contribution in [1.29, 1.82) is 0 Å². The Bertz CT molecular complexity index is 2030. The molecule has 2 aromatic heterocycles. The van der Waals surface area contributed by atoms with E-state index in [0.29, 0.717) is 46.6 Å². The fourth-order valence-electron chi connectivity index (χ4n) is 5.65. The summed E-state index contributed by atoms with van der Waals surface area (Å²) < 4.78 is 12.3. The lowest BCUT2D eigenvalue weighted by Gasteiger charge is -2.16. The molecule has 0 spiro atoms. The molecule has 1 aliphatic heterocycles. The van der Waals surface area contributed by atoms with Gasteiger partial charge >= 0.3 is 0 Å². The van der Waals surface area contributed by atoms with Crippen LogP contribution in [0.2, 0.25) is 0 Å². The van der Waals surface area contributed by atoms with E-state index in [0.717, 1.165) is 22.6 Å². The van der Waals surface area contributed by atoms with Gasteiger partial charge in [-0.3, -0.25) is 14.2 Å². The van der Waals surface area contributed by atoms with Gasteiger partial charge in [0.05, 0.1) is 32.9 Å². The largest absolute Gasteiger partial charge is 0.497 e. The summed E-state index contributed by atoms with van der Waals surface area (Å²) in [7, 11) is 1.61. The first kappa shape index (κ1) is 37.1. The van der Waals surface area contributed by atoms with Gasteiger partial charge in [-0.2, -0.15) is 0 Å². The molecule has 3 heterocycles.